The topological polar surface area (TPSA) is 41.1 Å². The largest absolute Gasteiger partial charge is 0.369 e. The van der Waals surface area contributed by atoms with Crippen LogP contribution in [0, 0.1) is 0 Å². The van der Waals surface area contributed by atoms with Gasteiger partial charge in [0.15, 0.2) is 0 Å². The SMILES string of the molecule is CCNc1cncc(N(C)C(C)CC)n1. The second kappa shape index (κ2) is 5.53. The van der Waals surface area contributed by atoms with Crippen LogP contribution in [0.2, 0.25) is 0 Å². The first kappa shape index (κ1) is 11.8. The summed E-state index contributed by atoms with van der Waals surface area (Å²) in [5.74, 6) is 1.76. The zero-order valence-electron chi connectivity index (χ0n) is 9.99. The lowest BCUT2D eigenvalue weighted by atomic mass is 10.2. The Hall–Kier alpha value is -1.32. The summed E-state index contributed by atoms with van der Waals surface area (Å²) in [6.07, 6.45) is 4.65. The zero-order valence-corrected chi connectivity index (χ0v) is 9.99. The van der Waals surface area contributed by atoms with Gasteiger partial charge in [-0.1, -0.05) is 6.92 Å². The Morgan fingerprint density at radius 3 is 2.73 bits per heavy atom. The third-order valence-corrected chi connectivity index (χ3v) is 2.59. The van der Waals surface area contributed by atoms with Gasteiger partial charge in [-0.15, -0.1) is 0 Å². The molecule has 1 N–H and O–H groups in total. The van der Waals surface area contributed by atoms with Crippen molar-refractivity contribution in [2.75, 3.05) is 23.8 Å². The molecule has 0 saturated heterocycles. The van der Waals surface area contributed by atoms with Gasteiger partial charge in [-0.3, -0.25) is 4.98 Å². The summed E-state index contributed by atoms with van der Waals surface area (Å²) in [5.41, 5.74) is 0. The molecule has 4 heteroatoms. The first-order valence-electron chi connectivity index (χ1n) is 5.47. The second-order valence-electron chi connectivity index (χ2n) is 3.66. The number of nitrogens with zero attached hydrogens (tertiary/aromatic N) is 3. The Labute approximate surface area is 91.7 Å². The fourth-order valence-electron chi connectivity index (χ4n) is 1.29. The van der Waals surface area contributed by atoms with Crippen molar-refractivity contribution in [2.24, 2.45) is 0 Å². The lowest BCUT2D eigenvalue weighted by Crippen LogP contribution is -2.29. The molecule has 0 amide bonds. The summed E-state index contributed by atoms with van der Waals surface area (Å²) in [4.78, 5) is 10.8. The summed E-state index contributed by atoms with van der Waals surface area (Å²) in [6, 6.07) is 0.483. The Morgan fingerprint density at radius 1 is 1.40 bits per heavy atom. The maximum Gasteiger partial charge on any atom is 0.149 e. The van der Waals surface area contributed by atoms with Crippen LogP contribution < -0.4 is 10.2 Å². The highest BCUT2D eigenvalue weighted by molar-refractivity contribution is 5.43. The Kier molecular flexibility index (Phi) is 4.34. The lowest BCUT2D eigenvalue weighted by Gasteiger charge is -2.24. The van der Waals surface area contributed by atoms with Gasteiger partial charge in [0.05, 0.1) is 12.4 Å². The van der Waals surface area contributed by atoms with Crippen LogP contribution in [0.3, 0.4) is 0 Å². The van der Waals surface area contributed by atoms with Crippen LogP contribution in [0.25, 0.3) is 0 Å². The smallest absolute Gasteiger partial charge is 0.149 e. The van der Waals surface area contributed by atoms with E-state index in [1.54, 1.807) is 12.4 Å². The van der Waals surface area contributed by atoms with E-state index in [1.165, 1.54) is 0 Å². The predicted molar refractivity (Wildman–Crippen MR) is 64.4 cm³/mol. The summed E-state index contributed by atoms with van der Waals surface area (Å²) in [6.45, 7) is 7.27. The van der Waals surface area contributed by atoms with Gasteiger partial charge in [-0.25, -0.2) is 4.98 Å². The number of hydrogen-bond donors (Lipinski definition) is 1. The molecule has 1 aromatic heterocycles. The quantitative estimate of drug-likeness (QED) is 0.805. The average Bonchev–Trinajstić information content (AvgIpc) is 2.28. The van der Waals surface area contributed by atoms with E-state index in [-0.39, 0.29) is 0 Å². The van der Waals surface area contributed by atoms with Crippen molar-refractivity contribution in [3.8, 4) is 0 Å². The van der Waals surface area contributed by atoms with Crippen LogP contribution in [-0.4, -0.2) is 29.6 Å². The van der Waals surface area contributed by atoms with Gasteiger partial charge < -0.3 is 10.2 Å². The van der Waals surface area contributed by atoms with Crippen LogP contribution in [0.5, 0.6) is 0 Å². The molecule has 0 fully saturated rings. The van der Waals surface area contributed by atoms with Crippen molar-refractivity contribution in [3.05, 3.63) is 12.4 Å². The van der Waals surface area contributed by atoms with E-state index in [4.69, 9.17) is 0 Å². The summed E-state index contributed by atoms with van der Waals surface area (Å²) >= 11 is 0. The molecule has 1 heterocycles. The van der Waals surface area contributed by atoms with Crippen LogP contribution in [0.15, 0.2) is 12.4 Å². The number of nitrogens with one attached hydrogen (secondary N) is 1. The lowest BCUT2D eigenvalue weighted by molar-refractivity contribution is 0.656. The van der Waals surface area contributed by atoms with Gasteiger partial charge in [0.1, 0.15) is 11.6 Å². The van der Waals surface area contributed by atoms with Crippen molar-refractivity contribution >= 4 is 11.6 Å². The third-order valence-electron chi connectivity index (χ3n) is 2.59. The third kappa shape index (κ3) is 3.08. The highest BCUT2D eigenvalue weighted by Gasteiger charge is 2.09. The molecule has 0 radical (unpaired) electrons. The summed E-state index contributed by atoms with van der Waals surface area (Å²) < 4.78 is 0. The molecule has 84 valence electrons. The Bertz CT molecular complexity index is 300. The molecule has 0 spiro atoms. The summed E-state index contributed by atoms with van der Waals surface area (Å²) in [5, 5.41) is 3.16. The molecule has 0 aliphatic heterocycles. The first-order valence-corrected chi connectivity index (χ1v) is 5.47. The predicted octanol–water partition coefficient (Wildman–Crippen LogP) is 2.14. The van der Waals surface area contributed by atoms with Crippen molar-refractivity contribution < 1.29 is 0 Å². The minimum atomic E-state index is 0.483. The molecule has 15 heavy (non-hydrogen) atoms. The average molecular weight is 208 g/mol. The second-order valence-corrected chi connectivity index (χ2v) is 3.66. The van der Waals surface area contributed by atoms with Gasteiger partial charge in [0.25, 0.3) is 0 Å². The molecule has 0 aromatic carbocycles. The summed E-state index contributed by atoms with van der Waals surface area (Å²) in [7, 11) is 2.05. The molecule has 1 rings (SSSR count). The van der Waals surface area contributed by atoms with Crippen molar-refractivity contribution in [2.45, 2.75) is 33.2 Å². The fourth-order valence-corrected chi connectivity index (χ4v) is 1.29. The van der Waals surface area contributed by atoms with E-state index in [9.17, 15) is 0 Å². The Morgan fingerprint density at radius 2 is 2.13 bits per heavy atom. The monoisotopic (exact) mass is 208 g/mol. The highest BCUT2D eigenvalue weighted by atomic mass is 15.2. The van der Waals surface area contributed by atoms with Crippen LogP contribution >= 0.6 is 0 Å². The van der Waals surface area contributed by atoms with Gasteiger partial charge in [-0.2, -0.15) is 0 Å². The van der Waals surface area contributed by atoms with E-state index >= 15 is 0 Å². The van der Waals surface area contributed by atoms with Gasteiger partial charge >= 0.3 is 0 Å². The van der Waals surface area contributed by atoms with Crippen LogP contribution in [0.1, 0.15) is 27.2 Å². The zero-order chi connectivity index (χ0) is 11.3. The Balaban J connectivity index is 2.80. The maximum absolute atomic E-state index is 4.48. The van der Waals surface area contributed by atoms with Crippen LogP contribution in [-0.2, 0) is 0 Å². The van der Waals surface area contributed by atoms with Crippen molar-refractivity contribution in [1.29, 1.82) is 0 Å². The number of rotatable bonds is 5. The van der Waals surface area contributed by atoms with E-state index in [1.807, 2.05) is 14.0 Å². The molecule has 1 atom stereocenters. The first-order chi connectivity index (χ1) is 7.19. The molecule has 0 bridgehead atoms. The minimum absolute atomic E-state index is 0.483. The maximum atomic E-state index is 4.48. The molecular weight excluding hydrogens is 188 g/mol. The van der Waals surface area contributed by atoms with Gasteiger partial charge in [0.2, 0.25) is 0 Å². The van der Waals surface area contributed by atoms with E-state index in [0.717, 1.165) is 24.6 Å². The number of anilines is 2. The van der Waals surface area contributed by atoms with E-state index < -0.39 is 0 Å². The molecule has 4 nitrogen and oxygen atoms in total. The minimum Gasteiger partial charge on any atom is -0.369 e. The van der Waals surface area contributed by atoms with Crippen LogP contribution in [0.4, 0.5) is 11.6 Å². The molecule has 1 aromatic rings. The molecule has 0 aliphatic carbocycles. The van der Waals surface area contributed by atoms with E-state index in [2.05, 4.69) is 34.0 Å². The molecule has 0 saturated carbocycles. The van der Waals surface area contributed by atoms with Gasteiger partial charge in [-0.05, 0) is 20.3 Å². The number of hydrogen-bond acceptors (Lipinski definition) is 4. The molecular formula is C11H20N4. The standard InChI is InChI=1S/C11H20N4/c1-5-9(3)15(4)11-8-12-7-10(14-11)13-6-2/h7-9H,5-6H2,1-4H3,(H,13,14). The van der Waals surface area contributed by atoms with Crippen molar-refractivity contribution in [1.82, 2.24) is 9.97 Å². The van der Waals surface area contributed by atoms with E-state index in [0.29, 0.717) is 6.04 Å². The normalized spacial score (nSPS) is 12.3. The van der Waals surface area contributed by atoms with Crippen molar-refractivity contribution in [3.63, 3.8) is 0 Å². The highest BCUT2D eigenvalue weighted by Crippen LogP contribution is 2.14. The molecule has 0 aliphatic rings. The number of aromatic nitrogens is 2. The van der Waals surface area contributed by atoms with Gasteiger partial charge in [0, 0.05) is 19.6 Å². The fraction of sp³-hybridized carbons (Fsp3) is 0.636. The molecule has 1 unspecified atom stereocenters.